The van der Waals surface area contributed by atoms with E-state index in [2.05, 4.69) is 38.6 Å². The summed E-state index contributed by atoms with van der Waals surface area (Å²) in [6.07, 6.45) is 1.63. The Morgan fingerprint density at radius 2 is 1.80 bits per heavy atom. The molecule has 2 aromatic heterocycles. The van der Waals surface area contributed by atoms with Crippen LogP contribution < -0.4 is 5.32 Å². The van der Waals surface area contributed by atoms with Gasteiger partial charge in [-0.1, -0.05) is 56.3 Å². The van der Waals surface area contributed by atoms with Gasteiger partial charge in [0.25, 0.3) is 5.91 Å². The summed E-state index contributed by atoms with van der Waals surface area (Å²) in [5.74, 6) is 0.386. The van der Waals surface area contributed by atoms with Crippen LogP contribution in [0.3, 0.4) is 0 Å². The number of thiazole rings is 1. The predicted molar refractivity (Wildman–Crippen MR) is 123 cm³/mol. The van der Waals surface area contributed by atoms with Crippen molar-refractivity contribution in [1.29, 1.82) is 0 Å². The number of anilines is 1. The molecular weight excluding hydrogens is 394 g/mol. The molecular formula is C23H25N5OS. The molecule has 0 aliphatic rings. The van der Waals surface area contributed by atoms with E-state index >= 15 is 0 Å². The highest BCUT2D eigenvalue weighted by atomic mass is 32.1. The van der Waals surface area contributed by atoms with Crippen LogP contribution >= 0.6 is 11.3 Å². The Morgan fingerprint density at radius 3 is 2.57 bits per heavy atom. The molecule has 154 valence electrons. The highest BCUT2D eigenvalue weighted by molar-refractivity contribution is 7.17. The van der Waals surface area contributed by atoms with Crippen LogP contribution in [0.1, 0.15) is 23.5 Å². The van der Waals surface area contributed by atoms with Gasteiger partial charge in [-0.25, -0.2) is 9.97 Å². The summed E-state index contributed by atoms with van der Waals surface area (Å²) in [5, 5.41) is 3.84. The zero-order valence-corrected chi connectivity index (χ0v) is 18.0. The summed E-state index contributed by atoms with van der Waals surface area (Å²) < 4.78 is 2.09. The Labute approximate surface area is 180 Å². The highest BCUT2D eigenvalue weighted by Gasteiger charge is 2.17. The lowest BCUT2D eigenvalue weighted by Crippen LogP contribution is -2.27. The van der Waals surface area contributed by atoms with E-state index in [4.69, 9.17) is 0 Å². The maximum atomic E-state index is 12.9. The van der Waals surface area contributed by atoms with Gasteiger partial charge in [0, 0.05) is 18.7 Å². The van der Waals surface area contributed by atoms with E-state index in [0.717, 1.165) is 47.8 Å². The van der Waals surface area contributed by atoms with E-state index < -0.39 is 0 Å². The van der Waals surface area contributed by atoms with Crippen molar-refractivity contribution in [2.75, 3.05) is 25.0 Å². The van der Waals surface area contributed by atoms with Crippen molar-refractivity contribution < 1.29 is 4.79 Å². The van der Waals surface area contributed by atoms with Crippen LogP contribution in [0.2, 0.25) is 0 Å². The minimum Gasteiger partial charge on any atom is -0.309 e. The molecule has 6 nitrogen and oxygen atoms in total. The van der Waals surface area contributed by atoms with Crippen molar-refractivity contribution >= 4 is 34.2 Å². The van der Waals surface area contributed by atoms with Gasteiger partial charge in [-0.2, -0.15) is 0 Å². The minimum atomic E-state index is -0.186. The molecule has 0 fully saturated rings. The molecule has 0 radical (unpaired) electrons. The number of likely N-dealkylation sites (N-methyl/N-ethyl adjacent to an activating group) is 1. The van der Waals surface area contributed by atoms with Crippen LogP contribution in [0, 0.1) is 0 Å². The third-order valence-electron chi connectivity index (χ3n) is 5.16. The van der Waals surface area contributed by atoms with Crippen LogP contribution in [0.25, 0.3) is 21.6 Å². The monoisotopic (exact) mass is 419 g/mol. The number of para-hydroxylation sites is 2. The van der Waals surface area contributed by atoms with Crippen LogP contribution in [0.5, 0.6) is 0 Å². The predicted octanol–water partition coefficient (Wildman–Crippen LogP) is 4.75. The Kier molecular flexibility index (Phi) is 6.21. The second kappa shape index (κ2) is 9.19. The van der Waals surface area contributed by atoms with E-state index in [1.807, 2.05) is 54.6 Å². The van der Waals surface area contributed by atoms with E-state index in [0.29, 0.717) is 10.8 Å². The number of hydrogen-bond acceptors (Lipinski definition) is 5. The van der Waals surface area contributed by atoms with E-state index in [1.54, 1.807) is 6.20 Å². The van der Waals surface area contributed by atoms with Crippen molar-refractivity contribution in [2.24, 2.45) is 0 Å². The first-order chi connectivity index (χ1) is 14.7. The topological polar surface area (TPSA) is 63.0 Å². The molecule has 1 N–H and O–H groups in total. The third-order valence-corrected chi connectivity index (χ3v) is 6.21. The number of amides is 1. The van der Waals surface area contributed by atoms with Crippen LogP contribution in [0.4, 0.5) is 5.95 Å². The average Bonchev–Trinajstić information content (AvgIpc) is 3.40. The molecule has 0 saturated heterocycles. The molecule has 1 amide bonds. The van der Waals surface area contributed by atoms with Gasteiger partial charge in [0.05, 0.1) is 17.2 Å². The van der Waals surface area contributed by atoms with Gasteiger partial charge in [0.1, 0.15) is 9.88 Å². The number of rotatable bonds is 8. The molecule has 0 aliphatic heterocycles. The Hall–Kier alpha value is -3.03. The van der Waals surface area contributed by atoms with Gasteiger partial charge in [0.15, 0.2) is 0 Å². The van der Waals surface area contributed by atoms with E-state index in [1.165, 1.54) is 11.3 Å². The zero-order chi connectivity index (χ0) is 20.9. The van der Waals surface area contributed by atoms with Gasteiger partial charge in [-0.15, -0.1) is 11.3 Å². The molecule has 30 heavy (non-hydrogen) atoms. The van der Waals surface area contributed by atoms with Crippen molar-refractivity contribution in [2.45, 2.75) is 20.4 Å². The zero-order valence-electron chi connectivity index (χ0n) is 17.2. The summed E-state index contributed by atoms with van der Waals surface area (Å²) >= 11 is 1.38. The summed E-state index contributed by atoms with van der Waals surface area (Å²) in [6.45, 7) is 7.96. The van der Waals surface area contributed by atoms with Crippen molar-refractivity contribution in [3.63, 3.8) is 0 Å². The molecule has 0 bridgehead atoms. The maximum absolute atomic E-state index is 12.9. The second-order valence-corrected chi connectivity index (χ2v) is 7.98. The lowest BCUT2D eigenvalue weighted by molar-refractivity contribution is 0.102. The molecule has 4 rings (SSSR count). The minimum absolute atomic E-state index is 0.186. The normalized spacial score (nSPS) is 11.3. The van der Waals surface area contributed by atoms with Crippen molar-refractivity contribution in [3.05, 3.63) is 65.7 Å². The molecule has 0 aliphatic carbocycles. The Morgan fingerprint density at radius 1 is 1.07 bits per heavy atom. The van der Waals surface area contributed by atoms with Gasteiger partial charge in [-0.05, 0) is 25.2 Å². The molecule has 0 saturated carbocycles. The first-order valence-electron chi connectivity index (χ1n) is 10.2. The van der Waals surface area contributed by atoms with Gasteiger partial charge >= 0.3 is 0 Å². The van der Waals surface area contributed by atoms with Crippen LogP contribution in [-0.2, 0) is 6.54 Å². The summed E-state index contributed by atoms with van der Waals surface area (Å²) in [7, 11) is 0. The van der Waals surface area contributed by atoms with Crippen molar-refractivity contribution in [3.8, 4) is 10.6 Å². The number of fused-ring (bicyclic) bond motifs is 1. The summed E-state index contributed by atoms with van der Waals surface area (Å²) in [5.41, 5.74) is 2.91. The van der Waals surface area contributed by atoms with Crippen LogP contribution in [-0.4, -0.2) is 45.0 Å². The smallest absolute Gasteiger partial charge is 0.269 e. The molecule has 0 atom stereocenters. The SMILES string of the molecule is CCN(CC)CCn1c(NC(=O)c2cnc(-c3ccccc3)s2)nc2ccccc21. The van der Waals surface area contributed by atoms with E-state index in [-0.39, 0.29) is 5.91 Å². The number of hydrogen-bond donors (Lipinski definition) is 1. The number of carbonyl (C=O) groups excluding carboxylic acids is 1. The quantitative estimate of drug-likeness (QED) is 0.447. The van der Waals surface area contributed by atoms with Gasteiger partial charge in [0.2, 0.25) is 5.95 Å². The third kappa shape index (κ3) is 4.27. The summed E-state index contributed by atoms with van der Waals surface area (Å²) in [6, 6.07) is 17.9. The molecule has 2 aromatic carbocycles. The molecule has 4 aromatic rings. The lowest BCUT2D eigenvalue weighted by Gasteiger charge is -2.19. The fourth-order valence-electron chi connectivity index (χ4n) is 3.43. The standard InChI is InChI=1S/C23H25N5OS/c1-3-27(4-2)14-15-28-19-13-9-8-12-18(19)25-23(28)26-21(29)20-16-24-22(30-20)17-10-6-5-7-11-17/h5-13,16H,3-4,14-15H2,1-2H3,(H,25,26,29). The van der Waals surface area contributed by atoms with Crippen LogP contribution in [0.15, 0.2) is 60.8 Å². The largest absolute Gasteiger partial charge is 0.309 e. The Bertz CT molecular complexity index is 1130. The fourth-order valence-corrected chi connectivity index (χ4v) is 4.25. The van der Waals surface area contributed by atoms with Gasteiger partial charge < -0.3 is 9.47 Å². The molecule has 0 spiro atoms. The van der Waals surface area contributed by atoms with Gasteiger partial charge in [-0.3, -0.25) is 10.1 Å². The number of nitrogens with one attached hydrogen (secondary N) is 1. The first-order valence-corrected chi connectivity index (χ1v) is 11.0. The lowest BCUT2D eigenvalue weighted by atomic mass is 10.2. The number of imidazole rings is 1. The summed E-state index contributed by atoms with van der Waals surface area (Å²) in [4.78, 5) is 24.9. The van der Waals surface area contributed by atoms with Crippen molar-refractivity contribution in [1.82, 2.24) is 19.4 Å². The molecule has 2 heterocycles. The Balaban J connectivity index is 1.58. The average molecular weight is 420 g/mol. The molecule has 0 unspecified atom stereocenters. The number of carbonyl (C=O) groups is 1. The second-order valence-electron chi connectivity index (χ2n) is 6.95. The molecule has 7 heteroatoms. The maximum Gasteiger partial charge on any atom is 0.269 e. The number of benzene rings is 2. The first kappa shape index (κ1) is 20.3. The highest BCUT2D eigenvalue weighted by Crippen LogP contribution is 2.26. The van der Waals surface area contributed by atoms with E-state index in [9.17, 15) is 4.79 Å². The fraction of sp³-hybridized carbons (Fsp3) is 0.261. The number of nitrogens with zero attached hydrogens (tertiary/aromatic N) is 4. The number of aromatic nitrogens is 3.